The van der Waals surface area contributed by atoms with Gasteiger partial charge in [-0.15, -0.1) is 0 Å². The van der Waals surface area contributed by atoms with Crippen LogP contribution in [0.15, 0.2) is 270 Å². The first-order valence-corrected chi connectivity index (χ1v) is 29.8. The predicted octanol–water partition coefficient (Wildman–Crippen LogP) is 16.6. The van der Waals surface area contributed by atoms with E-state index in [2.05, 4.69) is 229 Å². The summed E-state index contributed by atoms with van der Waals surface area (Å²) in [6.07, 6.45) is 0. The molecular formula is C76H59B2Br2O4-. The number of carbonyl (C=O) groups is 2. The molecule has 0 N–H and O–H groups in total. The molecule has 0 amide bonds. The molecule has 4 nitrogen and oxygen atoms in total. The van der Waals surface area contributed by atoms with Crippen LogP contribution in [0.25, 0.3) is 44.5 Å². The Balaban J connectivity index is 0.000000128. The van der Waals surface area contributed by atoms with Gasteiger partial charge in [-0.25, -0.2) is 0 Å². The summed E-state index contributed by atoms with van der Waals surface area (Å²) in [6.45, 7) is 8.26. The van der Waals surface area contributed by atoms with Gasteiger partial charge in [0.1, 0.15) is 0 Å². The molecule has 0 saturated carbocycles. The number of rotatable bonds is 3. The molecular weight excluding hydrogens is 1160 g/mol. The van der Waals surface area contributed by atoms with Crippen LogP contribution < -0.4 is 5.46 Å². The van der Waals surface area contributed by atoms with E-state index in [1.165, 1.54) is 44.5 Å². The Kier molecular flexibility index (Phi) is 13.8. The second-order valence-electron chi connectivity index (χ2n) is 23.0. The zero-order valence-corrected chi connectivity index (χ0v) is 49.5. The molecule has 0 unspecified atom stereocenters. The molecule has 1 fully saturated rings. The monoisotopic (exact) mass is 1220 g/mol. The number of fused-ring (bicyclic) bond motifs is 18. The van der Waals surface area contributed by atoms with Crippen LogP contribution in [0.4, 0.5) is 0 Å². The molecule has 11 aromatic rings. The minimum Gasteiger partial charge on any atom is -0.399 e. The Morgan fingerprint density at radius 2 is 0.571 bits per heavy atom. The van der Waals surface area contributed by atoms with Crippen LogP contribution in [0.3, 0.4) is 0 Å². The van der Waals surface area contributed by atoms with Crippen molar-refractivity contribution in [2.24, 2.45) is 0 Å². The molecule has 11 aromatic carbocycles. The van der Waals surface area contributed by atoms with Gasteiger partial charge in [-0.1, -0.05) is 265 Å². The second kappa shape index (κ2) is 21.1. The van der Waals surface area contributed by atoms with Crippen molar-refractivity contribution in [3.8, 4) is 44.5 Å². The Morgan fingerprint density at radius 1 is 0.298 bits per heavy atom. The van der Waals surface area contributed by atoms with E-state index in [0.717, 1.165) is 81.2 Å². The number of hydrogen-bond donors (Lipinski definition) is 0. The molecule has 0 aromatic heterocycles. The first-order chi connectivity index (χ1) is 40.3. The molecule has 0 bridgehead atoms. The van der Waals surface area contributed by atoms with E-state index in [1.807, 2.05) is 91.0 Å². The average Bonchev–Trinajstić information content (AvgIpc) is 1.52. The largest absolute Gasteiger partial charge is 0.494 e. The van der Waals surface area contributed by atoms with Gasteiger partial charge >= 0.3 is 7.12 Å². The van der Waals surface area contributed by atoms with E-state index in [1.54, 1.807) is 0 Å². The highest BCUT2D eigenvalue weighted by atomic mass is 79.9. The maximum Gasteiger partial charge on any atom is 0.494 e. The summed E-state index contributed by atoms with van der Waals surface area (Å²) in [5.74, 6) is 0.160. The fourth-order valence-electron chi connectivity index (χ4n) is 13.6. The average molecular weight is 1220 g/mol. The van der Waals surface area contributed by atoms with Gasteiger partial charge in [0.05, 0.1) is 22.0 Å². The first kappa shape index (κ1) is 55.0. The lowest BCUT2D eigenvalue weighted by Gasteiger charge is -2.39. The van der Waals surface area contributed by atoms with Crippen molar-refractivity contribution in [2.75, 3.05) is 0 Å². The van der Waals surface area contributed by atoms with Crippen LogP contribution in [0.2, 0.25) is 0 Å². The van der Waals surface area contributed by atoms with E-state index in [9.17, 15) is 9.59 Å². The number of hydrogen-bond acceptors (Lipinski definition) is 4. The molecule has 1 aliphatic heterocycles. The van der Waals surface area contributed by atoms with Crippen molar-refractivity contribution in [3.63, 3.8) is 0 Å². The smallest absolute Gasteiger partial charge is 0.399 e. The quantitative estimate of drug-likeness (QED) is 0.165. The number of benzene rings is 11. The minimum atomic E-state index is -0.559. The zero-order valence-electron chi connectivity index (χ0n) is 46.3. The lowest BCUT2D eigenvalue weighted by molar-refractivity contribution is 0.00578. The zero-order chi connectivity index (χ0) is 56.8. The van der Waals surface area contributed by atoms with Gasteiger partial charge in [0.15, 0.2) is 11.6 Å². The molecule has 0 atom stereocenters. The van der Waals surface area contributed by atoms with E-state index >= 15 is 0 Å². The molecule has 1 saturated heterocycles. The highest BCUT2D eigenvalue weighted by Crippen LogP contribution is 2.61. The van der Waals surface area contributed by atoms with Crippen molar-refractivity contribution in [3.05, 3.63) is 337 Å². The number of carbonyl (C=O) groups excluding carboxylic acids is 2. The lowest BCUT2D eigenvalue weighted by atomic mass is 9.61. The molecule has 5 aliphatic rings. The van der Waals surface area contributed by atoms with Gasteiger partial charge < -0.3 is 9.31 Å². The second-order valence-corrected chi connectivity index (χ2v) is 24.8. The third-order valence-corrected chi connectivity index (χ3v) is 19.0. The third-order valence-electron chi connectivity index (χ3n) is 18.0. The Labute approximate surface area is 510 Å². The molecule has 84 heavy (non-hydrogen) atoms. The summed E-state index contributed by atoms with van der Waals surface area (Å²) in [5.41, 5.74) is 21.0. The molecule has 2 spiro atoms. The molecule has 8 heteroatoms. The van der Waals surface area contributed by atoms with Crippen molar-refractivity contribution in [1.29, 1.82) is 0 Å². The highest BCUT2D eigenvalue weighted by Gasteiger charge is 2.54. The molecule has 4 aliphatic carbocycles. The summed E-state index contributed by atoms with van der Waals surface area (Å²) in [5, 5.41) is 0. The SMILES string of the molecule is CC1(C)OB(c2ccccc2)OC1(C)C.O=C1c2cc(-c3ccccc3)ccc2C2(c3ccc(-c4ccccc4)cc31)c1ccccc1-c1ccccc12.O=C1c2cc(Br)ccc2C2(c3ccc(Br)cc31)c1ccccc1-c1ccccc12.[BH4-]. The summed E-state index contributed by atoms with van der Waals surface area (Å²) in [7, 11) is -0.240. The van der Waals surface area contributed by atoms with E-state index in [0.29, 0.717) is 0 Å². The highest BCUT2D eigenvalue weighted by molar-refractivity contribution is 9.10. The van der Waals surface area contributed by atoms with Crippen LogP contribution in [0, 0.1) is 0 Å². The maximum absolute atomic E-state index is 14.4. The summed E-state index contributed by atoms with van der Waals surface area (Å²) in [4.78, 5) is 28.0. The Hall–Kier alpha value is -8.23. The molecule has 16 rings (SSSR count). The van der Waals surface area contributed by atoms with Gasteiger partial charge in [-0.3, -0.25) is 9.59 Å². The van der Waals surface area contributed by atoms with Gasteiger partial charge in [0.2, 0.25) is 0 Å². The fourth-order valence-corrected chi connectivity index (χ4v) is 14.3. The van der Waals surface area contributed by atoms with E-state index in [4.69, 9.17) is 9.31 Å². The topological polar surface area (TPSA) is 52.6 Å². The van der Waals surface area contributed by atoms with Crippen LogP contribution in [0.5, 0.6) is 0 Å². The van der Waals surface area contributed by atoms with Crippen molar-refractivity contribution in [1.82, 2.24) is 0 Å². The minimum absolute atomic E-state index is 0. The van der Waals surface area contributed by atoms with Crippen LogP contribution in [0.1, 0.15) is 104 Å². The Bertz CT molecular complexity index is 4160. The number of ketones is 2. The fraction of sp³-hybridized carbons (Fsp3) is 0.105. The molecule has 1 heterocycles. The van der Waals surface area contributed by atoms with Crippen LogP contribution in [-0.4, -0.2) is 38.3 Å². The first-order valence-electron chi connectivity index (χ1n) is 28.2. The standard InChI is InChI=1S/C38H24O.C26H14Br2O.C12H17BO2.BH4/c39-37-31-23-27(25-11-3-1-4-12-25)19-21-35(31)38(33-17-9-7-15-29(33)30-16-8-10-18-34(30)38)36-22-20-28(24-32(36)37)26-13-5-2-6-14-26;27-15-9-11-23-19(13-15)25(29)20-14-16(28)10-12-24(20)26(23)21-7-3-1-5-17(21)18-6-2-4-8-22(18)26;1-11(2)12(3,4)15-13(14-11)10-8-6-5-7-9-10;/h1-24H;1-14H;5-9H,1-4H3;1H4/q;;;-1. The van der Waals surface area contributed by atoms with Crippen molar-refractivity contribution < 1.29 is 18.9 Å². The summed E-state index contributed by atoms with van der Waals surface area (Å²) >= 11 is 7.14. The lowest BCUT2D eigenvalue weighted by Crippen LogP contribution is -2.41. The number of halogens is 2. The predicted molar refractivity (Wildman–Crippen MR) is 354 cm³/mol. The molecule has 408 valence electrons. The van der Waals surface area contributed by atoms with Crippen molar-refractivity contribution in [2.45, 2.75) is 49.7 Å². The van der Waals surface area contributed by atoms with Crippen molar-refractivity contribution >= 4 is 64.4 Å². The van der Waals surface area contributed by atoms with E-state index in [-0.39, 0.29) is 38.3 Å². The normalized spacial score (nSPS) is 15.7. The van der Waals surface area contributed by atoms with Gasteiger partial charge in [0, 0.05) is 31.2 Å². The van der Waals surface area contributed by atoms with Crippen LogP contribution >= 0.6 is 31.9 Å². The maximum atomic E-state index is 14.4. The summed E-state index contributed by atoms with van der Waals surface area (Å²) in [6, 6.07) is 90.5. The van der Waals surface area contributed by atoms with Gasteiger partial charge in [0.25, 0.3) is 0 Å². The summed E-state index contributed by atoms with van der Waals surface area (Å²) < 4.78 is 13.7. The van der Waals surface area contributed by atoms with Crippen LogP contribution in [-0.2, 0) is 20.1 Å². The van der Waals surface area contributed by atoms with E-state index < -0.39 is 10.8 Å². The Morgan fingerprint density at radius 3 is 0.917 bits per heavy atom. The molecule has 0 radical (unpaired) electrons. The van der Waals surface area contributed by atoms with Gasteiger partial charge in [-0.05, 0) is 159 Å². The van der Waals surface area contributed by atoms with Gasteiger partial charge in [-0.2, -0.15) is 0 Å². The third kappa shape index (κ3) is 8.47.